The smallest absolute Gasteiger partial charge is 0.349 e. The van der Waals surface area contributed by atoms with Crippen molar-refractivity contribution in [3.05, 3.63) is 54.4 Å². The summed E-state index contributed by atoms with van der Waals surface area (Å²) in [6, 6.07) is 11.0. The molecule has 0 unspecified atom stereocenters. The van der Waals surface area contributed by atoms with E-state index in [2.05, 4.69) is 25.1 Å². The number of carbonyl (C=O) groups is 1. The molecule has 0 aliphatic heterocycles. The number of nitrogens with zero attached hydrogens (tertiary/aromatic N) is 1. The van der Waals surface area contributed by atoms with Crippen LogP contribution in [0.15, 0.2) is 48.8 Å². The highest BCUT2D eigenvalue weighted by Crippen LogP contribution is 2.19. The highest BCUT2D eigenvalue weighted by atomic mass is 79.9. The minimum atomic E-state index is -0.411. The van der Waals surface area contributed by atoms with Crippen LogP contribution in [-0.2, 0) is 3.83 Å². The second-order valence-electron chi connectivity index (χ2n) is 3.19. The van der Waals surface area contributed by atoms with Crippen LogP contribution in [0, 0.1) is 0 Å². The van der Waals surface area contributed by atoms with E-state index in [4.69, 9.17) is 0 Å². The molecule has 3 nitrogen and oxygen atoms in total. The number of carbonyl (C=O) groups excluding carboxylic acids is 1. The van der Waals surface area contributed by atoms with Crippen LogP contribution >= 0.6 is 16.3 Å². The molecule has 0 aliphatic rings. The molecule has 0 N–H and O–H groups in total. The van der Waals surface area contributed by atoms with E-state index < -0.39 is 5.97 Å². The number of hydrogen-bond donors (Lipinski definition) is 0. The number of halogens is 1. The number of hydrogen-bond acceptors (Lipinski definition) is 3. The fourth-order valence-electron chi connectivity index (χ4n) is 1.40. The fourth-order valence-corrected chi connectivity index (χ4v) is 1.59. The Morgan fingerprint density at radius 1 is 1.19 bits per heavy atom. The summed E-state index contributed by atoms with van der Waals surface area (Å²) in [5, 5.41) is 0. The lowest BCUT2D eigenvalue weighted by Crippen LogP contribution is -1.97. The van der Waals surface area contributed by atoms with E-state index in [1.807, 2.05) is 24.3 Å². The van der Waals surface area contributed by atoms with E-state index in [9.17, 15) is 4.79 Å². The van der Waals surface area contributed by atoms with E-state index in [1.165, 1.54) is 0 Å². The first-order valence-corrected chi connectivity index (χ1v) is 5.29. The van der Waals surface area contributed by atoms with E-state index in [-0.39, 0.29) is 0 Å². The van der Waals surface area contributed by atoms with Gasteiger partial charge in [0.25, 0.3) is 0 Å². The maximum Gasteiger partial charge on any atom is 0.349 e. The molecule has 4 heteroatoms. The minimum Gasteiger partial charge on any atom is -0.380 e. The van der Waals surface area contributed by atoms with Crippen molar-refractivity contribution in [2.24, 2.45) is 0 Å². The predicted molar refractivity (Wildman–Crippen MR) is 64.0 cm³/mol. The van der Waals surface area contributed by atoms with Gasteiger partial charge in [-0.15, -0.1) is 0 Å². The Bertz CT molecular complexity index is 499. The van der Waals surface area contributed by atoms with Gasteiger partial charge in [0, 0.05) is 18.0 Å². The summed E-state index contributed by atoms with van der Waals surface area (Å²) in [7, 11) is 0. The molecule has 0 aliphatic carbocycles. The second-order valence-corrected chi connectivity index (χ2v) is 3.51. The van der Waals surface area contributed by atoms with Crippen molar-refractivity contribution < 1.29 is 8.62 Å². The van der Waals surface area contributed by atoms with E-state index >= 15 is 0 Å². The van der Waals surface area contributed by atoms with Crippen LogP contribution in [0.3, 0.4) is 0 Å². The van der Waals surface area contributed by atoms with Crippen molar-refractivity contribution in [3.63, 3.8) is 0 Å². The number of rotatable bonds is 2. The number of pyridine rings is 1. The molecule has 1 aromatic heterocycles. The highest BCUT2D eigenvalue weighted by Gasteiger charge is 2.07. The van der Waals surface area contributed by atoms with Gasteiger partial charge < -0.3 is 3.83 Å². The van der Waals surface area contributed by atoms with Crippen molar-refractivity contribution in [1.29, 1.82) is 0 Å². The Kier molecular flexibility index (Phi) is 3.31. The van der Waals surface area contributed by atoms with Crippen LogP contribution in [0.25, 0.3) is 11.1 Å². The SMILES string of the molecule is O=C(OBr)c1cccc(-c2cccnc2)c1. The molecular weight excluding hydrogens is 270 g/mol. The van der Waals surface area contributed by atoms with E-state index in [1.54, 1.807) is 24.5 Å². The zero-order valence-corrected chi connectivity index (χ0v) is 9.85. The van der Waals surface area contributed by atoms with Gasteiger partial charge in [-0.05, 0) is 23.8 Å². The molecule has 2 aromatic rings. The summed E-state index contributed by atoms with van der Waals surface area (Å²) in [5.41, 5.74) is 2.40. The molecule has 80 valence electrons. The van der Waals surface area contributed by atoms with Gasteiger partial charge in [-0.25, -0.2) is 4.79 Å². The van der Waals surface area contributed by atoms with E-state index in [0.717, 1.165) is 11.1 Å². The molecule has 0 bridgehead atoms. The van der Waals surface area contributed by atoms with Crippen molar-refractivity contribution in [3.8, 4) is 11.1 Å². The molecule has 0 fully saturated rings. The van der Waals surface area contributed by atoms with Gasteiger partial charge in [-0.1, -0.05) is 18.2 Å². The molecule has 2 rings (SSSR count). The van der Waals surface area contributed by atoms with Gasteiger partial charge in [0.15, 0.2) is 16.3 Å². The molecule has 16 heavy (non-hydrogen) atoms. The van der Waals surface area contributed by atoms with Crippen molar-refractivity contribution in [2.75, 3.05) is 0 Å². The molecule has 1 heterocycles. The fraction of sp³-hybridized carbons (Fsp3) is 0. The minimum absolute atomic E-state index is 0.411. The third-order valence-electron chi connectivity index (χ3n) is 2.16. The lowest BCUT2D eigenvalue weighted by molar-refractivity contribution is 0.0782. The van der Waals surface area contributed by atoms with Gasteiger partial charge in [-0.2, -0.15) is 0 Å². The summed E-state index contributed by atoms with van der Waals surface area (Å²) < 4.78 is 4.49. The van der Waals surface area contributed by atoms with Crippen LogP contribution < -0.4 is 0 Å². The third-order valence-corrected chi connectivity index (χ3v) is 2.46. The van der Waals surface area contributed by atoms with Crippen LogP contribution in [0.2, 0.25) is 0 Å². The quantitative estimate of drug-likeness (QED) is 0.846. The lowest BCUT2D eigenvalue weighted by atomic mass is 10.1. The normalized spacial score (nSPS) is 9.81. The molecule has 0 spiro atoms. The maximum absolute atomic E-state index is 11.3. The monoisotopic (exact) mass is 277 g/mol. The molecule has 0 atom stereocenters. The van der Waals surface area contributed by atoms with Gasteiger partial charge >= 0.3 is 5.97 Å². The highest BCUT2D eigenvalue weighted by molar-refractivity contribution is 9.06. The lowest BCUT2D eigenvalue weighted by Gasteiger charge is -2.02. The van der Waals surface area contributed by atoms with Crippen molar-refractivity contribution in [1.82, 2.24) is 4.98 Å². The molecule has 0 amide bonds. The average Bonchev–Trinajstić information content (AvgIpc) is 2.39. The summed E-state index contributed by atoms with van der Waals surface area (Å²) in [6.45, 7) is 0. The summed E-state index contributed by atoms with van der Waals surface area (Å²) in [4.78, 5) is 15.3. The largest absolute Gasteiger partial charge is 0.380 e. The molecular formula is C12H8BrNO2. The van der Waals surface area contributed by atoms with E-state index in [0.29, 0.717) is 5.56 Å². The summed E-state index contributed by atoms with van der Waals surface area (Å²) in [6.07, 6.45) is 3.46. The standard InChI is InChI=1S/C12H8BrNO2/c13-16-12(15)10-4-1-3-9(7-10)11-5-2-6-14-8-11/h1-8H. The zero-order valence-electron chi connectivity index (χ0n) is 8.26. The topological polar surface area (TPSA) is 39.2 Å². The first-order chi connectivity index (χ1) is 7.81. The van der Waals surface area contributed by atoms with Crippen LogP contribution in [0.4, 0.5) is 0 Å². The Balaban J connectivity index is 2.40. The first-order valence-electron chi connectivity index (χ1n) is 4.64. The first kappa shape index (κ1) is 10.8. The molecule has 0 radical (unpaired) electrons. The van der Waals surface area contributed by atoms with Crippen molar-refractivity contribution in [2.45, 2.75) is 0 Å². The average molecular weight is 278 g/mol. The van der Waals surface area contributed by atoms with Crippen molar-refractivity contribution >= 4 is 22.2 Å². The van der Waals surface area contributed by atoms with Crippen LogP contribution in [0.5, 0.6) is 0 Å². The maximum atomic E-state index is 11.3. The Labute approximate surface area is 102 Å². The zero-order chi connectivity index (χ0) is 11.4. The number of aromatic nitrogens is 1. The summed E-state index contributed by atoms with van der Waals surface area (Å²) >= 11 is 2.67. The van der Waals surface area contributed by atoms with Gasteiger partial charge in [-0.3, -0.25) is 4.98 Å². The number of benzene rings is 1. The van der Waals surface area contributed by atoms with Gasteiger partial charge in [0.1, 0.15) is 0 Å². The second kappa shape index (κ2) is 4.90. The Morgan fingerprint density at radius 2 is 2.00 bits per heavy atom. The van der Waals surface area contributed by atoms with Gasteiger partial charge in [0.2, 0.25) is 0 Å². The van der Waals surface area contributed by atoms with Gasteiger partial charge in [0.05, 0.1) is 5.56 Å². The van der Waals surface area contributed by atoms with Crippen LogP contribution in [0.1, 0.15) is 10.4 Å². The van der Waals surface area contributed by atoms with Crippen LogP contribution in [-0.4, -0.2) is 11.0 Å². The molecule has 1 aromatic carbocycles. The third kappa shape index (κ3) is 2.28. The summed E-state index contributed by atoms with van der Waals surface area (Å²) in [5.74, 6) is -0.411. The predicted octanol–water partition coefficient (Wildman–Crippen LogP) is 3.22. The Morgan fingerprint density at radius 3 is 2.69 bits per heavy atom. The Hall–Kier alpha value is -1.68. The molecule has 0 saturated heterocycles. The molecule has 0 saturated carbocycles.